The average molecular weight is 250 g/mol. The van der Waals surface area contributed by atoms with E-state index in [0.717, 1.165) is 0 Å². The second-order valence-corrected chi connectivity index (χ2v) is 4.23. The zero-order chi connectivity index (χ0) is 13.0. The van der Waals surface area contributed by atoms with Crippen molar-refractivity contribution in [3.8, 4) is 11.5 Å². The summed E-state index contributed by atoms with van der Waals surface area (Å²) in [5, 5.41) is 5.93. The highest BCUT2D eigenvalue weighted by atomic mass is 16.6. The van der Waals surface area contributed by atoms with Gasteiger partial charge >= 0.3 is 0 Å². The summed E-state index contributed by atoms with van der Waals surface area (Å²) >= 11 is 0. The van der Waals surface area contributed by atoms with Crippen molar-refractivity contribution in [2.75, 3.05) is 26.8 Å². The van der Waals surface area contributed by atoms with Crippen LogP contribution in [0.4, 0.5) is 0 Å². The summed E-state index contributed by atoms with van der Waals surface area (Å²) in [6.07, 6.45) is 0. The third-order valence-electron chi connectivity index (χ3n) is 2.87. The van der Waals surface area contributed by atoms with Gasteiger partial charge in [-0.2, -0.15) is 0 Å². The van der Waals surface area contributed by atoms with Gasteiger partial charge in [0.25, 0.3) is 5.91 Å². The molecule has 1 aliphatic heterocycles. The predicted molar refractivity (Wildman–Crippen MR) is 68.3 cm³/mol. The molecule has 1 heterocycles. The summed E-state index contributed by atoms with van der Waals surface area (Å²) in [5.41, 5.74) is 0.524. The summed E-state index contributed by atoms with van der Waals surface area (Å²) in [6.45, 7) is 3.57. The smallest absolute Gasteiger partial charge is 0.255 e. The molecule has 1 unspecified atom stereocenters. The monoisotopic (exact) mass is 250 g/mol. The molecule has 0 radical (unpaired) electrons. The number of nitrogens with one attached hydrogen (secondary N) is 2. The number of carbonyl (C=O) groups is 1. The summed E-state index contributed by atoms with van der Waals surface area (Å²) in [7, 11) is 1.86. The second kappa shape index (κ2) is 5.73. The molecule has 2 rings (SSSR count). The molecule has 5 nitrogen and oxygen atoms in total. The van der Waals surface area contributed by atoms with Gasteiger partial charge in [0, 0.05) is 12.6 Å². The van der Waals surface area contributed by atoms with Gasteiger partial charge in [-0.25, -0.2) is 0 Å². The Morgan fingerprint density at radius 3 is 2.94 bits per heavy atom. The average Bonchev–Trinajstić information content (AvgIpc) is 2.43. The number of amides is 1. The van der Waals surface area contributed by atoms with Gasteiger partial charge in [0.05, 0.1) is 5.56 Å². The van der Waals surface area contributed by atoms with Crippen LogP contribution in [0.1, 0.15) is 17.3 Å². The Balaban J connectivity index is 2.10. The normalized spacial score (nSPS) is 15.0. The van der Waals surface area contributed by atoms with E-state index in [0.29, 0.717) is 36.8 Å². The van der Waals surface area contributed by atoms with Gasteiger partial charge in [-0.05, 0) is 26.1 Å². The Bertz CT molecular complexity index is 434. The van der Waals surface area contributed by atoms with Gasteiger partial charge in [-0.15, -0.1) is 0 Å². The van der Waals surface area contributed by atoms with Crippen LogP contribution in [0.25, 0.3) is 0 Å². The van der Waals surface area contributed by atoms with E-state index in [-0.39, 0.29) is 11.9 Å². The molecule has 0 spiro atoms. The van der Waals surface area contributed by atoms with Gasteiger partial charge in [0.15, 0.2) is 11.5 Å². The standard InChI is InChI=1S/C13H18N2O3/c1-9(14-2)8-15-13(16)10-4-3-5-11-12(10)18-7-6-17-11/h3-5,9,14H,6-8H2,1-2H3,(H,15,16). The van der Waals surface area contributed by atoms with Crippen molar-refractivity contribution < 1.29 is 14.3 Å². The molecule has 0 saturated carbocycles. The third kappa shape index (κ3) is 2.73. The molecule has 1 aromatic carbocycles. The largest absolute Gasteiger partial charge is 0.486 e. The Hall–Kier alpha value is -1.75. The number of hydrogen-bond donors (Lipinski definition) is 2. The van der Waals surface area contributed by atoms with Gasteiger partial charge < -0.3 is 20.1 Å². The quantitative estimate of drug-likeness (QED) is 0.829. The van der Waals surface area contributed by atoms with E-state index in [2.05, 4.69) is 10.6 Å². The van der Waals surface area contributed by atoms with E-state index in [1.54, 1.807) is 12.1 Å². The van der Waals surface area contributed by atoms with Gasteiger partial charge in [0.1, 0.15) is 13.2 Å². The van der Waals surface area contributed by atoms with Crippen molar-refractivity contribution in [3.63, 3.8) is 0 Å². The number of likely N-dealkylation sites (N-methyl/N-ethyl adjacent to an activating group) is 1. The predicted octanol–water partition coefficient (Wildman–Crippen LogP) is 0.795. The number of fused-ring (bicyclic) bond motifs is 1. The lowest BCUT2D eigenvalue weighted by Gasteiger charge is -2.21. The number of para-hydroxylation sites is 1. The van der Waals surface area contributed by atoms with Crippen molar-refractivity contribution in [1.29, 1.82) is 0 Å². The minimum Gasteiger partial charge on any atom is -0.486 e. The van der Waals surface area contributed by atoms with Gasteiger partial charge in [-0.1, -0.05) is 6.07 Å². The number of benzene rings is 1. The molecule has 1 atom stereocenters. The van der Waals surface area contributed by atoms with Crippen molar-refractivity contribution in [2.24, 2.45) is 0 Å². The number of hydrogen-bond acceptors (Lipinski definition) is 4. The van der Waals surface area contributed by atoms with E-state index in [1.807, 2.05) is 20.0 Å². The van der Waals surface area contributed by atoms with Crippen molar-refractivity contribution in [1.82, 2.24) is 10.6 Å². The molecule has 0 fully saturated rings. The van der Waals surface area contributed by atoms with E-state index >= 15 is 0 Å². The fourth-order valence-corrected chi connectivity index (χ4v) is 1.70. The lowest BCUT2D eigenvalue weighted by atomic mass is 10.1. The molecule has 0 aromatic heterocycles. The van der Waals surface area contributed by atoms with Crippen LogP contribution in [0.5, 0.6) is 11.5 Å². The first-order valence-electron chi connectivity index (χ1n) is 6.06. The fraction of sp³-hybridized carbons (Fsp3) is 0.462. The van der Waals surface area contributed by atoms with E-state index in [4.69, 9.17) is 9.47 Å². The SMILES string of the molecule is CNC(C)CNC(=O)c1cccc2c1OCCO2. The maximum absolute atomic E-state index is 12.1. The highest BCUT2D eigenvalue weighted by Crippen LogP contribution is 2.33. The molecule has 2 N–H and O–H groups in total. The molecule has 0 saturated heterocycles. The topological polar surface area (TPSA) is 59.6 Å². The molecule has 1 aromatic rings. The Morgan fingerprint density at radius 1 is 1.39 bits per heavy atom. The van der Waals surface area contributed by atoms with Crippen molar-refractivity contribution in [3.05, 3.63) is 23.8 Å². The molecule has 98 valence electrons. The lowest BCUT2D eigenvalue weighted by Crippen LogP contribution is -2.37. The Morgan fingerprint density at radius 2 is 2.17 bits per heavy atom. The first-order chi connectivity index (χ1) is 8.72. The molecule has 0 aliphatic carbocycles. The second-order valence-electron chi connectivity index (χ2n) is 4.23. The summed E-state index contributed by atoms with van der Waals surface area (Å²) < 4.78 is 11.0. The molecular formula is C13H18N2O3. The molecular weight excluding hydrogens is 232 g/mol. The first kappa shape index (κ1) is 12.7. The van der Waals surface area contributed by atoms with Crippen LogP contribution >= 0.6 is 0 Å². The summed E-state index contributed by atoms with van der Waals surface area (Å²) in [5.74, 6) is 1.04. The molecule has 0 bridgehead atoms. The zero-order valence-corrected chi connectivity index (χ0v) is 10.7. The minimum atomic E-state index is -0.139. The third-order valence-corrected chi connectivity index (χ3v) is 2.87. The number of ether oxygens (including phenoxy) is 2. The van der Waals surface area contributed by atoms with Gasteiger partial charge in [-0.3, -0.25) is 4.79 Å². The molecule has 1 aliphatic rings. The van der Waals surface area contributed by atoms with Crippen LogP contribution in [0, 0.1) is 0 Å². The number of carbonyl (C=O) groups excluding carboxylic acids is 1. The zero-order valence-electron chi connectivity index (χ0n) is 10.7. The van der Waals surface area contributed by atoms with Gasteiger partial charge in [0.2, 0.25) is 0 Å². The van der Waals surface area contributed by atoms with Crippen molar-refractivity contribution >= 4 is 5.91 Å². The van der Waals surface area contributed by atoms with E-state index in [1.165, 1.54) is 0 Å². The molecule has 18 heavy (non-hydrogen) atoms. The lowest BCUT2D eigenvalue weighted by molar-refractivity contribution is 0.0939. The molecule has 1 amide bonds. The number of rotatable bonds is 4. The molecule has 5 heteroatoms. The summed E-state index contributed by atoms with van der Waals surface area (Å²) in [6, 6.07) is 5.57. The Kier molecular flexibility index (Phi) is 4.04. The highest BCUT2D eigenvalue weighted by Gasteiger charge is 2.20. The van der Waals surface area contributed by atoms with E-state index in [9.17, 15) is 4.79 Å². The maximum atomic E-state index is 12.1. The van der Waals surface area contributed by atoms with Crippen LogP contribution in [0.2, 0.25) is 0 Å². The maximum Gasteiger partial charge on any atom is 0.255 e. The fourth-order valence-electron chi connectivity index (χ4n) is 1.70. The Labute approximate surface area is 106 Å². The summed E-state index contributed by atoms with van der Waals surface area (Å²) in [4.78, 5) is 12.1. The van der Waals surface area contributed by atoms with E-state index < -0.39 is 0 Å². The van der Waals surface area contributed by atoms with Crippen LogP contribution in [-0.2, 0) is 0 Å². The van der Waals surface area contributed by atoms with Crippen LogP contribution < -0.4 is 20.1 Å². The van der Waals surface area contributed by atoms with Crippen LogP contribution in [0.15, 0.2) is 18.2 Å². The van der Waals surface area contributed by atoms with Crippen LogP contribution in [0.3, 0.4) is 0 Å². The minimum absolute atomic E-state index is 0.139. The van der Waals surface area contributed by atoms with Crippen molar-refractivity contribution in [2.45, 2.75) is 13.0 Å². The van der Waals surface area contributed by atoms with Crippen LogP contribution in [-0.4, -0.2) is 38.8 Å². The first-order valence-corrected chi connectivity index (χ1v) is 6.06. The highest BCUT2D eigenvalue weighted by molar-refractivity contribution is 5.97.